The van der Waals surface area contributed by atoms with Gasteiger partial charge in [0, 0.05) is 11.1 Å². The molecule has 0 unspecified atom stereocenters. The third-order valence-electron chi connectivity index (χ3n) is 2.97. The molecular formula is C17H24N4O4. The largest absolute Gasteiger partial charge is 0.458 e. The van der Waals surface area contributed by atoms with Gasteiger partial charge in [-0.25, -0.2) is 0 Å². The quantitative estimate of drug-likeness (QED) is 0.208. The first kappa shape index (κ1) is 21.6. The minimum Gasteiger partial charge on any atom is -0.458 e. The van der Waals surface area contributed by atoms with Crippen LogP contribution in [0.3, 0.4) is 0 Å². The summed E-state index contributed by atoms with van der Waals surface area (Å²) in [5, 5.41) is 23.0. The number of benzene rings is 2. The first-order chi connectivity index (χ1) is 11.1. The Kier molecular flexibility index (Phi) is 8.95. The summed E-state index contributed by atoms with van der Waals surface area (Å²) < 4.78 is 10.8. The number of amidine groups is 2. The molecule has 0 aliphatic rings. The van der Waals surface area contributed by atoms with E-state index in [1.807, 2.05) is 0 Å². The molecule has 0 aromatic heterocycles. The van der Waals surface area contributed by atoms with Gasteiger partial charge in [-0.15, -0.1) is 0 Å². The SMILES string of the molecule is C.C.N/C(=N\O)c1ccc(OCOc2ccc(/C(N)=N/O)cc2)cc1. The highest BCUT2D eigenvalue weighted by Gasteiger charge is 2.02. The van der Waals surface area contributed by atoms with Gasteiger partial charge in [0.25, 0.3) is 0 Å². The Balaban J connectivity index is 0.00000288. The highest BCUT2D eigenvalue weighted by molar-refractivity contribution is 5.97. The number of oxime groups is 2. The van der Waals surface area contributed by atoms with Gasteiger partial charge >= 0.3 is 0 Å². The summed E-state index contributed by atoms with van der Waals surface area (Å²) >= 11 is 0. The molecule has 2 aromatic rings. The summed E-state index contributed by atoms with van der Waals surface area (Å²) in [6.07, 6.45) is 0. The van der Waals surface area contributed by atoms with E-state index in [4.69, 9.17) is 31.4 Å². The maximum absolute atomic E-state index is 8.58. The average Bonchev–Trinajstić information content (AvgIpc) is 2.61. The number of ether oxygens (including phenoxy) is 2. The van der Waals surface area contributed by atoms with Crippen LogP contribution in [0.4, 0.5) is 0 Å². The van der Waals surface area contributed by atoms with Gasteiger partial charge < -0.3 is 31.4 Å². The van der Waals surface area contributed by atoms with E-state index in [0.717, 1.165) is 0 Å². The van der Waals surface area contributed by atoms with Crippen molar-refractivity contribution in [2.45, 2.75) is 14.9 Å². The molecule has 0 saturated heterocycles. The molecule has 0 heterocycles. The van der Waals surface area contributed by atoms with Crippen molar-refractivity contribution in [3.05, 3.63) is 59.7 Å². The maximum Gasteiger partial charge on any atom is 0.230 e. The van der Waals surface area contributed by atoms with Gasteiger partial charge in [-0.2, -0.15) is 0 Å². The number of nitrogens with zero attached hydrogens (tertiary/aromatic N) is 2. The molecule has 2 aromatic carbocycles. The monoisotopic (exact) mass is 348 g/mol. The first-order valence-electron chi connectivity index (χ1n) is 6.55. The topological polar surface area (TPSA) is 136 Å². The smallest absolute Gasteiger partial charge is 0.230 e. The standard InChI is InChI=1S/C15H16N4O4.2CH4/c16-14(18-20)10-1-5-12(6-2-10)22-9-23-13-7-3-11(4-8-13)15(17)19-21;;/h1-8,20-21H,9H2,(H2,16,18)(H2,17,19);2*1H4. The Morgan fingerprint density at radius 2 is 1.04 bits per heavy atom. The van der Waals surface area contributed by atoms with Gasteiger partial charge in [-0.05, 0) is 48.5 Å². The molecule has 136 valence electrons. The van der Waals surface area contributed by atoms with Crippen LogP contribution < -0.4 is 20.9 Å². The van der Waals surface area contributed by atoms with E-state index in [1.54, 1.807) is 48.5 Å². The summed E-state index contributed by atoms with van der Waals surface area (Å²) in [4.78, 5) is 0. The summed E-state index contributed by atoms with van der Waals surface area (Å²) in [6, 6.07) is 13.4. The Morgan fingerprint density at radius 1 is 0.720 bits per heavy atom. The van der Waals surface area contributed by atoms with Crippen LogP contribution in [-0.2, 0) is 0 Å². The molecule has 0 spiro atoms. The Morgan fingerprint density at radius 3 is 1.32 bits per heavy atom. The number of rotatable bonds is 6. The molecule has 0 saturated carbocycles. The van der Waals surface area contributed by atoms with Crippen molar-refractivity contribution in [2.24, 2.45) is 21.8 Å². The molecule has 8 nitrogen and oxygen atoms in total. The highest BCUT2D eigenvalue weighted by atomic mass is 16.7. The van der Waals surface area contributed by atoms with Crippen molar-refractivity contribution in [2.75, 3.05) is 6.79 Å². The zero-order valence-corrected chi connectivity index (χ0v) is 12.1. The van der Waals surface area contributed by atoms with Crippen LogP contribution in [0.25, 0.3) is 0 Å². The summed E-state index contributed by atoms with van der Waals surface area (Å²) in [7, 11) is 0. The Bertz CT molecular complexity index is 636. The zero-order chi connectivity index (χ0) is 16.7. The molecule has 0 atom stereocenters. The maximum atomic E-state index is 8.58. The lowest BCUT2D eigenvalue weighted by molar-refractivity contribution is 0.120. The van der Waals surface area contributed by atoms with E-state index in [2.05, 4.69) is 10.3 Å². The van der Waals surface area contributed by atoms with Crippen molar-refractivity contribution in [3.63, 3.8) is 0 Å². The van der Waals surface area contributed by atoms with Crippen LogP contribution in [0.15, 0.2) is 58.8 Å². The van der Waals surface area contributed by atoms with Gasteiger partial charge in [0.2, 0.25) is 6.79 Å². The molecule has 0 aliphatic carbocycles. The summed E-state index contributed by atoms with van der Waals surface area (Å²) in [5.41, 5.74) is 12.1. The Labute approximate surface area is 147 Å². The van der Waals surface area contributed by atoms with Gasteiger partial charge in [-0.1, -0.05) is 25.2 Å². The van der Waals surface area contributed by atoms with Crippen LogP contribution in [0.1, 0.15) is 26.0 Å². The lowest BCUT2D eigenvalue weighted by atomic mass is 10.2. The van der Waals surface area contributed by atoms with Crippen LogP contribution >= 0.6 is 0 Å². The van der Waals surface area contributed by atoms with Crippen molar-refractivity contribution < 1.29 is 19.9 Å². The van der Waals surface area contributed by atoms with E-state index >= 15 is 0 Å². The lowest BCUT2D eigenvalue weighted by Gasteiger charge is -2.09. The van der Waals surface area contributed by atoms with E-state index in [9.17, 15) is 0 Å². The third-order valence-corrected chi connectivity index (χ3v) is 2.97. The molecule has 0 bridgehead atoms. The molecule has 2 rings (SSSR count). The number of hydrogen-bond donors (Lipinski definition) is 4. The first-order valence-corrected chi connectivity index (χ1v) is 6.55. The normalized spacial score (nSPS) is 11.0. The van der Waals surface area contributed by atoms with Crippen LogP contribution in [0, 0.1) is 0 Å². The molecule has 6 N–H and O–H groups in total. The van der Waals surface area contributed by atoms with Crippen molar-refractivity contribution in [3.8, 4) is 11.5 Å². The van der Waals surface area contributed by atoms with Gasteiger partial charge in [-0.3, -0.25) is 0 Å². The van der Waals surface area contributed by atoms with Crippen molar-refractivity contribution >= 4 is 11.7 Å². The van der Waals surface area contributed by atoms with Crippen LogP contribution in [-0.4, -0.2) is 28.9 Å². The van der Waals surface area contributed by atoms with Crippen LogP contribution in [0.2, 0.25) is 0 Å². The predicted octanol–water partition coefficient (Wildman–Crippen LogP) is 2.56. The zero-order valence-electron chi connectivity index (χ0n) is 12.1. The molecule has 25 heavy (non-hydrogen) atoms. The third kappa shape index (κ3) is 5.94. The number of hydrogen-bond acceptors (Lipinski definition) is 6. The molecule has 0 fully saturated rings. The predicted molar refractivity (Wildman–Crippen MR) is 97.5 cm³/mol. The van der Waals surface area contributed by atoms with Gasteiger partial charge in [0.15, 0.2) is 11.7 Å². The molecule has 0 radical (unpaired) electrons. The Hall–Kier alpha value is -3.42. The second-order valence-corrected chi connectivity index (χ2v) is 4.43. The number of nitrogens with two attached hydrogens (primary N) is 2. The molecular weight excluding hydrogens is 324 g/mol. The van der Waals surface area contributed by atoms with E-state index in [0.29, 0.717) is 22.6 Å². The van der Waals surface area contributed by atoms with E-state index in [-0.39, 0.29) is 33.3 Å². The van der Waals surface area contributed by atoms with Crippen LogP contribution in [0.5, 0.6) is 11.5 Å². The minimum atomic E-state index is 0. The van der Waals surface area contributed by atoms with Gasteiger partial charge in [0.05, 0.1) is 0 Å². The summed E-state index contributed by atoms with van der Waals surface area (Å²) in [6.45, 7) is 0.00579. The van der Waals surface area contributed by atoms with Gasteiger partial charge in [0.1, 0.15) is 11.5 Å². The molecule has 0 amide bonds. The molecule has 0 aliphatic heterocycles. The average molecular weight is 348 g/mol. The summed E-state index contributed by atoms with van der Waals surface area (Å²) in [5.74, 6) is 1.21. The van der Waals surface area contributed by atoms with Crippen molar-refractivity contribution in [1.82, 2.24) is 0 Å². The van der Waals surface area contributed by atoms with Crippen molar-refractivity contribution in [1.29, 1.82) is 0 Å². The minimum absolute atomic E-state index is 0. The second kappa shape index (κ2) is 10.4. The van der Waals surface area contributed by atoms with E-state index < -0.39 is 0 Å². The fraction of sp³-hybridized carbons (Fsp3) is 0.176. The fourth-order valence-corrected chi connectivity index (χ4v) is 1.72. The second-order valence-electron chi connectivity index (χ2n) is 4.43. The molecule has 8 heteroatoms. The highest BCUT2D eigenvalue weighted by Crippen LogP contribution is 2.15. The fourth-order valence-electron chi connectivity index (χ4n) is 1.72. The van der Waals surface area contributed by atoms with E-state index in [1.165, 1.54) is 0 Å². The lowest BCUT2D eigenvalue weighted by Crippen LogP contribution is -2.13.